The summed E-state index contributed by atoms with van der Waals surface area (Å²) in [7, 11) is -5.27. The Labute approximate surface area is 402 Å². The van der Waals surface area contributed by atoms with E-state index in [0.717, 1.165) is 22.3 Å². The molecular weight excluding hydrogens is 913 g/mol. The number of nitrogens with zero attached hydrogens (tertiary/aromatic N) is 7. The SMILES string of the molecule is C=C1[C@H](COCc2ccccc2)[C@@H]([Si](C)(C)O)C[C@@H]1n1cnc2c(=O)[nH]c(N)nc21.C[Si](C)(O)[C@H]1C[C@H](n2cnc3c(OCc4ccccc4)nc(N)nc32)[C@](O)(CO)[C@@H]1COCc1ccccc1. The molecule has 0 bridgehead atoms. The molecule has 20 heteroatoms. The molecule has 7 atom stereocenters. The van der Waals surface area contributed by atoms with Gasteiger partial charge in [0, 0.05) is 11.8 Å². The van der Waals surface area contributed by atoms with E-state index in [1.807, 2.05) is 122 Å². The van der Waals surface area contributed by atoms with Crippen LogP contribution in [0.2, 0.25) is 37.3 Å². The third-order valence-electron chi connectivity index (χ3n) is 13.7. The van der Waals surface area contributed by atoms with Gasteiger partial charge < -0.3 is 54.6 Å². The van der Waals surface area contributed by atoms with Gasteiger partial charge in [-0.05, 0) is 72.4 Å². The number of H-pyrrole nitrogens is 1. The van der Waals surface area contributed by atoms with Gasteiger partial charge >= 0.3 is 0 Å². The third-order valence-corrected chi connectivity index (χ3v) is 18.6. The smallest absolute Gasteiger partial charge is 0.280 e. The number of aromatic nitrogens is 8. The van der Waals surface area contributed by atoms with Crippen molar-refractivity contribution in [1.29, 1.82) is 0 Å². The maximum Gasteiger partial charge on any atom is 0.280 e. The van der Waals surface area contributed by atoms with Crippen molar-refractivity contribution >= 4 is 50.9 Å². The predicted octanol–water partition coefficient (Wildman–Crippen LogP) is 5.66. The van der Waals surface area contributed by atoms with Crippen LogP contribution in [0.4, 0.5) is 11.9 Å². The first-order chi connectivity index (χ1) is 33.0. The second-order valence-corrected chi connectivity index (χ2v) is 27.3. The molecule has 4 heterocycles. The molecule has 2 fully saturated rings. The Morgan fingerprint density at radius 3 is 1.86 bits per heavy atom. The van der Waals surface area contributed by atoms with Crippen LogP contribution < -0.4 is 21.8 Å². The average molecular weight is 975 g/mol. The fraction of sp³-hybridized carbons (Fsp3) is 0.388. The minimum Gasteiger partial charge on any atom is -0.471 e. The number of nitrogens with two attached hydrogens (primary N) is 2. The zero-order chi connectivity index (χ0) is 49.1. The first-order valence-corrected chi connectivity index (χ1v) is 29.1. The van der Waals surface area contributed by atoms with Gasteiger partial charge in [-0.2, -0.15) is 15.0 Å². The number of ether oxygens (including phenoxy) is 3. The van der Waals surface area contributed by atoms with Crippen LogP contribution in [0.15, 0.2) is 121 Å². The first kappa shape index (κ1) is 49.3. The Morgan fingerprint density at radius 1 is 0.739 bits per heavy atom. The summed E-state index contributed by atoms with van der Waals surface area (Å²) in [4.78, 5) is 58.5. The number of aliphatic hydroxyl groups is 2. The van der Waals surface area contributed by atoms with E-state index < -0.39 is 40.8 Å². The monoisotopic (exact) mass is 974 g/mol. The molecule has 4 aromatic heterocycles. The van der Waals surface area contributed by atoms with E-state index in [-0.39, 0.29) is 65.1 Å². The van der Waals surface area contributed by atoms with E-state index in [1.54, 1.807) is 17.2 Å². The number of anilines is 2. The molecule has 7 aromatic rings. The fourth-order valence-electron chi connectivity index (χ4n) is 10.1. The number of nitrogens with one attached hydrogen (secondary N) is 1. The Bertz CT molecular complexity index is 2910. The number of imidazole rings is 2. The molecule has 3 aromatic carbocycles. The van der Waals surface area contributed by atoms with Crippen molar-refractivity contribution in [3.05, 3.63) is 143 Å². The molecule has 0 aliphatic heterocycles. The number of nitrogen functional groups attached to an aromatic ring is 2. The van der Waals surface area contributed by atoms with Crippen molar-refractivity contribution in [2.75, 3.05) is 31.3 Å². The Balaban J connectivity index is 0.000000192. The maximum absolute atomic E-state index is 12.1. The van der Waals surface area contributed by atoms with Crippen molar-refractivity contribution in [3.63, 3.8) is 0 Å². The second kappa shape index (κ2) is 20.5. The molecule has 9 rings (SSSR count). The molecule has 0 radical (unpaired) electrons. The Hall–Kier alpha value is -6.11. The summed E-state index contributed by atoms with van der Waals surface area (Å²) >= 11 is 0. The topological polar surface area (TPSA) is 268 Å². The van der Waals surface area contributed by atoms with E-state index in [4.69, 9.17) is 25.7 Å². The molecule has 2 aliphatic carbocycles. The van der Waals surface area contributed by atoms with E-state index in [0.29, 0.717) is 49.5 Å². The minimum absolute atomic E-state index is 0.00834. The molecule has 0 spiro atoms. The highest BCUT2D eigenvalue weighted by atomic mass is 28.4. The van der Waals surface area contributed by atoms with Crippen molar-refractivity contribution in [1.82, 2.24) is 39.0 Å². The molecule has 9 N–H and O–H groups in total. The lowest BCUT2D eigenvalue weighted by molar-refractivity contribution is -0.0939. The highest BCUT2D eigenvalue weighted by molar-refractivity contribution is 6.72. The summed E-state index contributed by atoms with van der Waals surface area (Å²) in [6.07, 6.45) is 4.30. The highest BCUT2D eigenvalue weighted by Gasteiger charge is 2.59. The van der Waals surface area contributed by atoms with Crippen molar-refractivity contribution in [2.45, 2.75) is 87.6 Å². The lowest BCUT2D eigenvalue weighted by Crippen LogP contribution is -2.49. The molecule has 69 heavy (non-hydrogen) atoms. The number of rotatable bonds is 16. The molecule has 18 nitrogen and oxygen atoms in total. The zero-order valence-corrected chi connectivity index (χ0v) is 41.4. The van der Waals surface area contributed by atoms with Gasteiger partial charge in [0.2, 0.25) is 17.8 Å². The summed E-state index contributed by atoms with van der Waals surface area (Å²) < 4.78 is 21.6. The predicted molar refractivity (Wildman–Crippen MR) is 268 cm³/mol. The molecular formula is C49H62N10O8Si2. The van der Waals surface area contributed by atoms with Gasteiger partial charge in [-0.1, -0.05) is 97.6 Å². The van der Waals surface area contributed by atoms with Crippen molar-refractivity contribution in [3.8, 4) is 5.88 Å². The number of fused-ring (bicyclic) bond motifs is 2. The van der Waals surface area contributed by atoms with Crippen LogP contribution in [0.25, 0.3) is 22.3 Å². The standard InChI is InChI=1S/C28H35N5O5Si.C21H27N5O3Si/c1-39(2,36)22-13-23(28(35,17-34)21(22)16-37-14-19-9-5-3-6-10-19)33-18-30-24-25(33)31-27(29)32-26(24)38-15-20-11-7-4-8-12-20;1-13-15(11-29-10-14-7-5-4-6-8-14)17(30(2,3)28)9-16(13)26-12-23-18-19(26)24-21(22)25-20(18)27/h3-12,18,21-23,34-36H,13-17H2,1-2H3,(H2,29,31,32);4-8,12,15-17,28H,1,9-11H2,2-3H3,(H3,22,24,25,27)/t21-,22+,23+,28+;15-,16-,17-/m10/s1. The van der Waals surface area contributed by atoms with Gasteiger partial charge in [0.1, 0.15) is 12.2 Å². The Morgan fingerprint density at radius 2 is 1.28 bits per heavy atom. The van der Waals surface area contributed by atoms with Crippen molar-refractivity contribution < 1.29 is 34.0 Å². The van der Waals surface area contributed by atoms with Crippen molar-refractivity contribution in [2.24, 2.45) is 11.8 Å². The zero-order valence-electron chi connectivity index (χ0n) is 39.4. The van der Waals surface area contributed by atoms with Gasteiger partial charge in [-0.25, -0.2) is 9.97 Å². The van der Waals surface area contributed by atoms with Gasteiger partial charge in [0.05, 0.1) is 57.8 Å². The molecule has 2 saturated carbocycles. The Kier molecular flexibility index (Phi) is 14.6. The third kappa shape index (κ3) is 10.7. The van der Waals surface area contributed by atoms with Crippen LogP contribution >= 0.6 is 0 Å². The molecule has 0 amide bonds. The first-order valence-electron chi connectivity index (χ1n) is 23.0. The quantitative estimate of drug-likeness (QED) is 0.0455. The maximum atomic E-state index is 12.1. The van der Waals surface area contributed by atoms with Gasteiger partial charge in [-0.3, -0.25) is 9.78 Å². The van der Waals surface area contributed by atoms with E-state index in [2.05, 4.69) is 36.5 Å². The van der Waals surface area contributed by atoms with Gasteiger partial charge in [0.15, 0.2) is 39.0 Å². The second-order valence-electron chi connectivity index (χ2n) is 19.2. The van der Waals surface area contributed by atoms with Crippen LogP contribution in [0.1, 0.15) is 41.6 Å². The van der Waals surface area contributed by atoms with Crippen LogP contribution in [0, 0.1) is 11.8 Å². The summed E-state index contributed by atoms with van der Waals surface area (Å²) in [6.45, 7) is 13.2. The largest absolute Gasteiger partial charge is 0.471 e. The summed E-state index contributed by atoms with van der Waals surface area (Å²) in [6, 6.07) is 28.7. The summed E-state index contributed by atoms with van der Waals surface area (Å²) in [5.74, 6) is -0.194. The summed E-state index contributed by atoms with van der Waals surface area (Å²) in [5.41, 5.74) is 15.2. The van der Waals surface area contributed by atoms with E-state index >= 15 is 0 Å². The molecule has 0 saturated heterocycles. The number of hydrogen-bond acceptors (Lipinski definition) is 15. The lowest BCUT2D eigenvalue weighted by atomic mass is 9.89. The highest BCUT2D eigenvalue weighted by Crippen LogP contribution is 2.55. The van der Waals surface area contributed by atoms with Crippen LogP contribution in [0.3, 0.4) is 0 Å². The van der Waals surface area contributed by atoms with E-state index in [1.165, 1.54) is 0 Å². The lowest BCUT2D eigenvalue weighted by Gasteiger charge is -2.36. The van der Waals surface area contributed by atoms with Crippen LogP contribution in [0.5, 0.6) is 5.88 Å². The van der Waals surface area contributed by atoms with Crippen LogP contribution in [-0.2, 0) is 29.3 Å². The molecule has 0 unspecified atom stereocenters. The number of hydrogen-bond donors (Lipinski definition) is 7. The fourth-order valence-corrected chi connectivity index (χ4v) is 14.3. The van der Waals surface area contributed by atoms with Gasteiger partial charge in [0.25, 0.3) is 5.56 Å². The molecule has 2 aliphatic rings. The average Bonchev–Trinajstić information content (AvgIpc) is 4.09. The minimum atomic E-state index is -2.78. The number of aliphatic hydroxyl groups excluding tert-OH is 1. The molecule has 364 valence electrons. The normalized spacial score (nSPS) is 22.8. The number of aromatic amines is 1. The van der Waals surface area contributed by atoms with E-state index in [9.17, 15) is 24.6 Å². The van der Waals surface area contributed by atoms with Gasteiger partial charge in [-0.15, -0.1) is 0 Å². The number of benzene rings is 3. The van der Waals surface area contributed by atoms with Crippen LogP contribution in [-0.4, -0.2) is 101 Å². The summed E-state index contributed by atoms with van der Waals surface area (Å²) in [5, 5.41) is 22.6.